The molecule has 0 radical (unpaired) electrons. The Balaban J connectivity index is 1.59. The highest BCUT2D eigenvalue weighted by atomic mass is 16.1. The molecule has 5 rings (SSSR count). The lowest BCUT2D eigenvalue weighted by atomic mass is 10.0. The largest absolute Gasteiger partial charge is 0.340 e. The van der Waals surface area contributed by atoms with E-state index in [1.807, 2.05) is 68.6 Å². The van der Waals surface area contributed by atoms with Crippen LogP contribution in [0.15, 0.2) is 60.8 Å². The third-order valence-corrected chi connectivity index (χ3v) is 5.62. The highest BCUT2D eigenvalue weighted by Gasteiger charge is 2.29. The molecule has 0 spiro atoms. The van der Waals surface area contributed by atoms with E-state index in [0.717, 1.165) is 46.5 Å². The summed E-state index contributed by atoms with van der Waals surface area (Å²) >= 11 is 0. The minimum absolute atomic E-state index is 0.139. The molecule has 3 aromatic heterocycles. The van der Waals surface area contributed by atoms with Crippen molar-refractivity contribution in [3.8, 4) is 0 Å². The van der Waals surface area contributed by atoms with Crippen LogP contribution in [0.3, 0.4) is 0 Å². The van der Waals surface area contributed by atoms with Crippen LogP contribution in [0, 0.1) is 6.92 Å². The normalized spacial score (nSPS) is 14.6. The standard InChI is InChI=1S/C24H23N5O/c1-15-21-18(14-20(16-11-12-16)26-23(21)29(2)28-15)24(30)27-22(17-8-4-3-5-9-17)19-10-6-7-13-25-19/h3-10,13-14,16,22H,11-12H2,1-2H3,(H,27,30). The third-order valence-electron chi connectivity index (χ3n) is 5.62. The Morgan fingerprint density at radius 2 is 1.90 bits per heavy atom. The van der Waals surface area contributed by atoms with Crippen LogP contribution < -0.4 is 5.32 Å². The second-order valence-electron chi connectivity index (χ2n) is 7.85. The van der Waals surface area contributed by atoms with Gasteiger partial charge in [-0.15, -0.1) is 0 Å². The summed E-state index contributed by atoms with van der Waals surface area (Å²) in [6.45, 7) is 1.92. The molecule has 0 aliphatic heterocycles. The summed E-state index contributed by atoms with van der Waals surface area (Å²) in [7, 11) is 1.88. The van der Waals surface area contributed by atoms with Crippen molar-refractivity contribution in [2.45, 2.75) is 31.7 Å². The summed E-state index contributed by atoms with van der Waals surface area (Å²) < 4.78 is 1.76. The Morgan fingerprint density at radius 1 is 1.13 bits per heavy atom. The number of benzene rings is 1. The topological polar surface area (TPSA) is 72.7 Å². The minimum Gasteiger partial charge on any atom is -0.340 e. The molecule has 3 heterocycles. The first kappa shape index (κ1) is 18.5. The quantitative estimate of drug-likeness (QED) is 0.551. The molecule has 6 heteroatoms. The Morgan fingerprint density at radius 3 is 2.60 bits per heavy atom. The second kappa shape index (κ2) is 7.37. The fraction of sp³-hybridized carbons (Fsp3) is 0.250. The zero-order valence-electron chi connectivity index (χ0n) is 17.0. The van der Waals surface area contributed by atoms with Crippen molar-refractivity contribution < 1.29 is 4.79 Å². The Bertz CT molecular complexity index is 1170. The summed E-state index contributed by atoms with van der Waals surface area (Å²) in [6.07, 6.45) is 3.99. The molecule has 1 unspecified atom stereocenters. The molecule has 1 amide bonds. The van der Waals surface area contributed by atoms with Gasteiger partial charge in [0.1, 0.15) is 0 Å². The van der Waals surface area contributed by atoms with E-state index in [-0.39, 0.29) is 11.9 Å². The SMILES string of the molecule is Cc1nn(C)c2nc(C3CC3)cc(C(=O)NC(c3ccccc3)c3ccccn3)c12. The molecule has 1 N–H and O–H groups in total. The van der Waals surface area contributed by atoms with Crippen LogP contribution in [0.5, 0.6) is 0 Å². The van der Waals surface area contributed by atoms with Gasteiger partial charge in [0.15, 0.2) is 5.65 Å². The van der Waals surface area contributed by atoms with Crippen LogP contribution in [-0.2, 0) is 7.05 Å². The molecular weight excluding hydrogens is 374 g/mol. The summed E-state index contributed by atoms with van der Waals surface area (Å²) in [5.41, 5.74) is 4.96. The van der Waals surface area contributed by atoms with E-state index in [0.29, 0.717) is 11.5 Å². The maximum absolute atomic E-state index is 13.6. The summed E-state index contributed by atoms with van der Waals surface area (Å²) in [5.74, 6) is 0.303. The third kappa shape index (κ3) is 3.34. The molecule has 4 aromatic rings. The number of rotatable bonds is 5. The smallest absolute Gasteiger partial charge is 0.252 e. The number of hydrogen-bond donors (Lipinski definition) is 1. The van der Waals surface area contributed by atoms with Crippen LogP contribution in [0.1, 0.15) is 57.8 Å². The molecule has 1 aromatic carbocycles. The Kier molecular flexibility index (Phi) is 4.54. The van der Waals surface area contributed by atoms with Gasteiger partial charge in [0.2, 0.25) is 0 Å². The molecule has 1 aliphatic rings. The number of nitrogens with one attached hydrogen (secondary N) is 1. The fourth-order valence-corrected chi connectivity index (χ4v) is 3.96. The Labute approximate surface area is 175 Å². The van der Waals surface area contributed by atoms with Gasteiger partial charge in [-0.3, -0.25) is 14.5 Å². The van der Waals surface area contributed by atoms with Crippen LogP contribution in [0.25, 0.3) is 11.0 Å². The van der Waals surface area contributed by atoms with E-state index in [9.17, 15) is 4.79 Å². The second-order valence-corrected chi connectivity index (χ2v) is 7.85. The molecular formula is C24H23N5O. The van der Waals surface area contributed by atoms with Gasteiger partial charge < -0.3 is 5.32 Å². The van der Waals surface area contributed by atoms with E-state index in [2.05, 4.69) is 15.4 Å². The molecule has 6 nitrogen and oxygen atoms in total. The molecule has 30 heavy (non-hydrogen) atoms. The molecule has 1 fully saturated rings. The molecule has 1 saturated carbocycles. The van der Waals surface area contributed by atoms with Crippen LogP contribution in [-0.4, -0.2) is 25.7 Å². The highest BCUT2D eigenvalue weighted by Crippen LogP contribution is 2.40. The number of carbonyl (C=O) groups excluding carboxylic acids is 1. The zero-order valence-corrected chi connectivity index (χ0v) is 17.0. The first-order valence-electron chi connectivity index (χ1n) is 10.2. The average Bonchev–Trinajstić information content (AvgIpc) is 3.59. The van der Waals surface area contributed by atoms with Gasteiger partial charge in [-0.05, 0) is 43.5 Å². The fourth-order valence-electron chi connectivity index (χ4n) is 3.96. The predicted octanol–water partition coefficient (Wildman–Crippen LogP) is 4.07. The van der Waals surface area contributed by atoms with Gasteiger partial charge in [-0.1, -0.05) is 36.4 Å². The Hall–Kier alpha value is -3.54. The number of fused-ring (bicyclic) bond motifs is 1. The summed E-state index contributed by atoms with van der Waals surface area (Å²) in [5, 5.41) is 8.54. The molecule has 150 valence electrons. The highest BCUT2D eigenvalue weighted by molar-refractivity contribution is 6.06. The molecule has 0 saturated heterocycles. The summed E-state index contributed by atoms with van der Waals surface area (Å²) in [4.78, 5) is 22.9. The summed E-state index contributed by atoms with van der Waals surface area (Å²) in [6, 6.07) is 17.3. The van der Waals surface area contributed by atoms with Gasteiger partial charge in [-0.25, -0.2) is 4.98 Å². The van der Waals surface area contributed by atoms with E-state index in [4.69, 9.17) is 4.98 Å². The van der Waals surface area contributed by atoms with Crippen molar-refractivity contribution in [2.75, 3.05) is 0 Å². The number of aromatic nitrogens is 4. The van der Waals surface area contributed by atoms with Gasteiger partial charge in [0.25, 0.3) is 5.91 Å². The van der Waals surface area contributed by atoms with Gasteiger partial charge in [-0.2, -0.15) is 5.10 Å². The van der Waals surface area contributed by atoms with E-state index in [1.54, 1.807) is 10.9 Å². The van der Waals surface area contributed by atoms with Crippen molar-refractivity contribution in [1.29, 1.82) is 0 Å². The van der Waals surface area contributed by atoms with Crippen LogP contribution >= 0.6 is 0 Å². The van der Waals surface area contributed by atoms with E-state index >= 15 is 0 Å². The monoisotopic (exact) mass is 397 g/mol. The number of carbonyl (C=O) groups is 1. The number of aryl methyl sites for hydroxylation is 2. The first-order valence-corrected chi connectivity index (χ1v) is 10.2. The maximum Gasteiger partial charge on any atom is 0.252 e. The predicted molar refractivity (Wildman–Crippen MR) is 115 cm³/mol. The number of hydrogen-bond acceptors (Lipinski definition) is 4. The van der Waals surface area contributed by atoms with Gasteiger partial charge >= 0.3 is 0 Å². The van der Waals surface area contributed by atoms with Gasteiger partial charge in [0, 0.05) is 24.9 Å². The lowest BCUT2D eigenvalue weighted by molar-refractivity contribution is 0.0943. The van der Waals surface area contributed by atoms with Crippen LogP contribution in [0.2, 0.25) is 0 Å². The van der Waals surface area contributed by atoms with Crippen molar-refractivity contribution in [2.24, 2.45) is 7.05 Å². The lowest BCUT2D eigenvalue weighted by Gasteiger charge is -2.19. The van der Waals surface area contributed by atoms with Gasteiger partial charge in [0.05, 0.1) is 28.4 Å². The molecule has 1 aliphatic carbocycles. The van der Waals surface area contributed by atoms with Crippen LogP contribution in [0.4, 0.5) is 0 Å². The van der Waals surface area contributed by atoms with Crippen molar-refractivity contribution in [3.63, 3.8) is 0 Å². The van der Waals surface area contributed by atoms with E-state index < -0.39 is 0 Å². The number of nitrogens with zero attached hydrogens (tertiary/aromatic N) is 4. The lowest BCUT2D eigenvalue weighted by Crippen LogP contribution is -2.30. The van der Waals surface area contributed by atoms with E-state index in [1.165, 1.54) is 0 Å². The molecule has 1 atom stereocenters. The average molecular weight is 397 g/mol. The van der Waals surface area contributed by atoms with Crippen molar-refractivity contribution in [1.82, 2.24) is 25.1 Å². The first-order chi connectivity index (χ1) is 14.6. The molecule has 0 bridgehead atoms. The minimum atomic E-state index is -0.343. The maximum atomic E-state index is 13.6. The van der Waals surface area contributed by atoms with Crippen molar-refractivity contribution in [3.05, 3.63) is 89.0 Å². The zero-order chi connectivity index (χ0) is 20.7. The number of pyridine rings is 2. The van der Waals surface area contributed by atoms with Crippen molar-refractivity contribution >= 4 is 16.9 Å². The number of amides is 1.